The Morgan fingerprint density at radius 2 is 1.52 bits per heavy atom. The molecular weight excluding hydrogens is 333 g/mol. The first kappa shape index (κ1) is 15.0. The lowest BCUT2D eigenvalue weighted by Gasteiger charge is -2.19. The molecule has 3 nitrogen and oxygen atoms in total. The number of benzene rings is 1. The molecule has 0 radical (unpaired) electrons. The molecule has 4 atom stereocenters. The minimum atomic E-state index is -0.281. The fraction of sp³-hybridized carbons (Fsp3) is 0.333. The van der Waals surface area contributed by atoms with Crippen LogP contribution in [0.4, 0.5) is 5.69 Å². The van der Waals surface area contributed by atoms with E-state index in [0.717, 1.165) is 0 Å². The van der Waals surface area contributed by atoms with Crippen LogP contribution < -0.4 is 4.90 Å². The fourth-order valence-corrected chi connectivity index (χ4v) is 4.60. The maximum Gasteiger partial charge on any atom is 0.238 e. The number of hydrogen-bond acceptors (Lipinski definition) is 2. The number of rotatable bonds is 1. The van der Waals surface area contributed by atoms with Crippen LogP contribution in [0, 0.1) is 23.7 Å². The van der Waals surface area contributed by atoms with Gasteiger partial charge in [0, 0.05) is 11.8 Å². The summed E-state index contributed by atoms with van der Waals surface area (Å²) >= 11 is 12.0. The van der Waals surface area contributed by atoms with E-state index in [0.29, 0.717) is 15.7 Å². The van der Waals surface area contributed by atoms with Crippen LogP contribution in [0.2, 0.25) is 10.0 Å². The monoisotopic (exact) mass is 347 g/mol. The van der Waals surface area contributed by atoms with Gasteiger partial charge in [-0.15, -0.1) is 0 Å². The van der Waals surface area contributed by atoms with Gasteiger partial charge in [0.05, 0.1) is 27.6 Å². The van der Waals surface area contributed by atoms with Gasteiger partial charge in [-0.25, -0.2) is 4.90 Å². The highest BCUT2D eigenvalue weighted by Gasteiger charge is 2.61. The predicted molar refractivity (Wildman–Crippen MR) is 90.4 cm³/mol. The van der Waals surface area contributed by atoms with Crippen molar-refractivity contribution in [3.8, 4) is 0 Å². The predicted octanol–water partition coefficient (Wildman–Crippen LogP) is 4.25. The van der Waals surface area contributed by atoms with E-state index in [-0.39, 0.29) is 35.5 Å². The van der Waals surface area contributed by atoms with Crippen molar-refractivity contribution in [2.75, 3.05) is 4.90 Å². The van der Waals surface area contributed by atoms with Crippen molar-refractivity contribution in [1.29, 1.82) is 0 Å². The van der Waals surface area contributed by atoms with Gasteiger partial charge in [-0.1, -0.05) is 46.5 Å². The van der Waals surface area contributed by atoms with Gasteiger partial charge in [-0.05, 0) is 32.0 Å². The van der Waals surface area contributed by atoms with E-state index in [1.54, 1.807) is 18.2 Å². The number of hydrogen-bond donors (Lipinski definition) is 0. The third-order valence-electron chi connectivity index (χ3n) is 5.15. The van der Waals surface area contributed by atoms with Gasteiger partial charge in [0.2, 0.25) is 11.8 Å². The summed E-state index contributed by atoms with van der Waals surface area (Å²) < 4.78 is 0. The molecule has 1 aromatic carbocycles. The molecular formula is C18H15Cl2NO2. The van der Waals surface area contributed by atoms with Gasteiger partial charge in [0.1, 0.15) is 0 Å². The average molecular weight is 348 g/mol. The lowest BCUT2D eigenvalue weighted by molar-refractivity contribution is -0.122. The van der Waals surface area contributed by atoms with E-state index in [9.17, 15) is 9.59 Å². The molecule has 0 N–H and O–H groups in total. The number of carbonyl (C=O) groups is 2. The van der Waals surface area contributed by atoms with Gasteiger partial charge in [-0.3, -0.25) is 9.59 Å². The fourth-order valence-electron chi connectivity index (χ4n) is 4.31. The quantitative estimate of drug-likeness (QED) is 0.562. The smallest absolute Gasteiger partial charge is 0.238 e. The van der Waals surface area contributed by atoms with Crippen LogP contribution in [-0.2, 0) is 9.59 Å². The van der Waals surface area contributed by atoms with Crippen molar-refractivity contribution < 1.29 is 9.59 Å². The molecule has 0 aromatic heterocycles. The first-order valence-corrected chi connectivity index (χ1v) is 8.36. The molecule has 2 fully saturated rings. The maximum absolute atomic E-state index is 12.9. The molecule has 3 aliphatic rings. The average Bonchev–Trinajstić information content (AvgIpc) is 3.13. The summed E-state index contributed by atoms with van der Waals surface area (Å²) in [5.74, 6) is -0.713. The molecule has 4 rings (SSSR count). The first-order chi connectivity index (χ1) is 10.9. The standard InChI is InChI=1S/C18H15Cl2NO2/c1-8(2)14-10-4-5-11(14)16-15(10)17(22)21(18(16)23)9-3-6-12(19)13(20)7-9/h3-7,10-11,15-16H,1-2H3/t10-,11-,15+,16+/m0/s1. The Balaban J connectivity index is 1.77. The molecule has 1 aliphatic heterocycles. The highest BCUT2D eigenvalue weighted by molar-refractivity contribution is 6.42. The highest BCUT2D eigenvalue weighted by Crippen LogP contribution is 2.57. The van der Waals surface area contributed by atoms with Crippen LogP contribution >= 0.6 is 23.2 Å². The van der Waals surface area contributed by atoms with Gasteiger partial charge in [0.15, 0.2) is 0 Å². The molecule has 1 saturated carbocycles. The summed E-state index contributed by atoms with van der Waals surface area (Å²) in [6.45, 7) is 4.10. The summed E-state index contributed by atoms with van der Waals surface area (Å²) in [5.41, 5.74) is 2.96. The number of fused-ring (bicyclic) bond motifs is 5. The van der Waals surface area contributed by atoms with Gasteiger partial charge >= 0.3 is 0 Å². The summed E-state index contributed by atoms with van der Waals surface area (Å²) in [6, 6.07) is 4.86. The second kappa shape index (κ2) is 4.96. The Kier molecular flexibility index (Phi) is 3.23. The second-order valence-corrected chi connectivity index (χ2v) is 7.37. The molecule has 1 aromatic rings. The first-order valence-electron chi connectivity index (χ1n) is 7.60. The molecule has 0 unspecified atom stereocenters. The Hall–Kier alpha value is -1.58. The molecule has 0 spiro atoms. The summed E-state index contributed by atoms with van der Waals surface area (Å²) in [7, 11) is 0. The van der Waals surface area contributed by atoms with E-state index in [1.807, 2.05) is 0 Å². The minimum absolute atomic E-state index is 0.0548. The third-order valence-corrected chi connectivity index (χ3v) is 5.89. The zero-order chi connectivity index (χ0) is 16.5. The Morgan fingerprint density at radius 3 is 2.00 bits per heavy atom. The highest BCUT2D eigenvalue weighted by atomic mass is 35.5. The van der Waals surface area contributed by atoms with Crippen LogP contribution in [0.3, 0.4) is 0 Å². The molecule has 2 bridgehead atoms. The number of anilines is 1. The Morgan fingerprint density at radius 1 is 0.957 bits per heavy atom. The van der Waals surface area contributed by atoms with Crippen LogP contribution in [0.25, 0.3) is 0 Å². The number of amides is 2. The minimum Gasteiger partial charge on any atom is -0.274 e. The molecule has 5 heteroatoms. The number of imide groups is 1. The van der Waals surface area contributed by atoms with Gasteiger partial charge in [0.25, 0.3) is 0 Å². The molecule has 2 amide bonds. The van der Waals surface area contributed by atoms with Crippen molar-refractivity contribution in [1.82, 2.24) is 0 Å². The van der Waals surface area contributed by atoms with Crippen LogP contribution in [0.1, 0.15) is 13.8 Å². The SMILES string of the molecule is CC(C)=C1[C@@H]2C=C[C@@H]1[C@H]1C(=O)N(c3ccc(Cl)c(Cl)c3)C(=O)[C@@H]12. The summed E-state index contributed by atoms with van der Waals surface area (Å²) in [6.07, 6.45) is 4.16. The normalized spacial score (nSPS) is 31.3. The zero-order valence-corrected chi connectivity index (χ0v) is 14.2. The van der Waals surface area contributed by atoms with E-state index in [4.69, 9.17) is 23.2 Å². The lowest BCUT2D eigenvalue weighted by atomic mass is 9.85. The van der Waals surface area contributed by atoms with Crippen LogP contribution in [0.15, 0.2) is 41.5 Å². The van der Waals surface area contributed by atoms with Gasteiger partial charge < -0.3 is 0 Å². The number of allylic oxidation sites excluding steroid dienone is 4. The topological polar surface area (TPSA) is 37.4 Å². The number of halogens is 2. The van der Waals surface area contributed by atoms with E-state index < -0.39 is 0 Å². The van der Waals surface area contributed by atoms with Crippen LogP contribution in [0.5, 0.6) is 0 Å². The van der Waals surface area contributed by atoms with E-state index >= 15 is 0 Å². The number of nitrogens with zero attached hydrogens (tertiary/aromatic N) is 1. The van der Waals surface area contributed by atoms with Crippen molar-refractivity contribution in [2.45, 2.75) is 13.8 Å². The Labute approximate surface area is 144 Å². The Bertz CT molecular complexity index is 773. The second-order valence-electron chi connectivity index (χ2n) is 6.55. The van der Waals surface area contributed by atoms with Crippen molar-refractivity contribution in [2.24, 2.45) is 23.7 Å². The van der Waals surface area contributed by atoms with E-state index in [2.05, 4.69) is 26.0 Å². The molecule has 1 heterocycles. The maximum atomic E-state index is 12.9. The molecule has 118 valence electrons. The van der Waals surface area contributed by atoms with Crippen molar-refractivity contribution in [3.63, 3.8) is 0 Å². The lowest BCUT2D eigenvalue weighted by Crippen LogP contribution is -2.33. The summed E-state index contributed by atoms with van der Waals surface area (Å²) in [4.78, 5) is 27.1. The third kappa shape index (κ3) is 1.90. The zero-order valence-electron chi connectivity index (χ0n) is 12.7. The molecule has 1 saturated heterocycles. The van der Waals surface area contributed by atoms with Crippen molar-refractivity contribution in [3.05, 3.63) is 51.5 Å². The number of carbonyl (C=O) groups excluding carboxylic acids is 2. The largest absolute Gasteiger partial charge is 0.274 e. The van der Waals surface area contributed by atoms with E-state index in [1.165, 1.54) is 16.0 Å². The van der Waals surface area contributed by atoms with Gasteiger partial charge in [-0.2, -0.15) is 0 Å². The van der Waals surface area contributed by atoms with Crippen molar-refractivity contribution >= 4 is 40.7 Å². The molecule has 23 heavy (non-hydrogen) atoms. The molecule has 2 aliphatic carbocycles. The summed E-state index contributed by atoms with van der Waals surface area (Å²) in [5, 5.41) is 0.746. The van der Waals surface area contributed by atoms with Crippen LogP contribution in [-0.4, -0.2) is 11.8 Å².